The van der Waals surface area contributed by atoms with Crippen molar-refractivity contribution in [3.63, 3.8) is 0 Å². The Balaban J connectivity index is 1.28. The van der Waals surface area contributed by atoms with Crippen LogP contribution in [0.3, 0.4) is 0 Å². The molecule has 5 nitrogen and oxygen atoms in total. The van der Waals surface area contributed by atoms with Crippen LogP contribution in [0.1, 0.15) is 41.0 Å². The van der Waals surface area contributed by atoms with Crippen LogP contribution in [0.4, 0.5) is 0 Å². The highest BCUT2D eigenvalue weighted by molar-refractivity contribution is 5.79. The second-order valence-electron chi connectivity index (χ2n) is 7.75. The first-order valence-corrected chi connectivity index (χ1v) is 9.85. The normalized spacial score (nSPS) is 16.9. The summed E-state index contributed by atoms with van der Waals surface area (Å²) in [6, 6.07) is 16.5. The Morgan fingerprint density at radius 3 is 2.54 bits per heavy atom. The smallest absolute Gasteiger partial charge is 0.225 e. The van der Waals surface area contributed by atoms with E-state index in [1.54, 1.807) is 7.05 Å². The number of hydrogen-bond donors (Lipinski definition) is 1. The minimum Gasteiger partial charge on any atom is -0.489 e. The molecule has 2 aromatic rings. The maximum absolute atomic E-state index is 11.5. The summed E-state index contributed by atoms with van der Waals surface area (Å²) in [7, 11) is 1.69. The third-order valence-electron chi connectivity index (χ3n) is 5.56. The van der Waals surface area contributed by atoms with Crippen molar-refractivity contribution in [1.82, 2.24) is 10.2 Å². The van der Waals surface area contributed by atoms with Gasteiger partial charge in [0.1, 0.15) is 12.4 Å². The number of nitrogens with zero attached hydrogens (tertiary/aromatic N) is 2. The zero-order valence-corrected chi connectivity index (χ0v) is 16.1. The fourth-order valence-electron chi connectivity index (χ4n) is 3.73. The van der Waals surface area contributed by atoms with Crippen molar-refractivity contribution in [3.8, 4) is 11.8 Å². The Bertz CT molecular complexity index is 891. The number of benzene rings is 2. The van der Waals surface area contributed by atoms with Crippen LogP contribution < -0.4 is 10.1 Å². The van der Waals surface area contributed by atoms with Crippen molar-refractivity contribution in [2.24, 2.45) is 5.92 Å². The average molecular weight is 375 g/mol. The van der Waals surface area contributed by atoms with Gasteiger partial charge in [-0.25, -0.2) is 0 Å². The molecule has 2 aliphatic rings. The first kappa shape index (κ1) is 18.5. The molecule has 1 heterocycles. The summed E-state index contributed by atoms with van der Waals surface area (Å²) in [6.45, 7) is 2.94. The quantitative estimate of drug-likeness (QED) is 0.807. The minimum atomic E-state index is 0.122. The summed E-state index contributed by atoms with van der Waals surface area (Å²) in [5.41, 5.74) is 4.19. The first-order valence-electron chi connectivity index (χ1n) is 9.85. The van der Waals surface area contributed by atoms with Gasteiger partial charge in [0.05, 0.1) is 17.6 Å². The van der Waals surface area contributed by atoms with Crippen molar-refractivity contribution in [3.05, 3.63) is 64.7 Å². The van der Waals surface area contributed by atoms with E-state index in [0.29, 0.717) is 12.5 Å². The molecular weight excluding hydrogens is 350 g/mol. The molecule has 0 atom stereocenters. The van der Waals surface area contributed by atoms with Gasteiger partial charge in [-0.15, -0.1) is 0 Å². The van der Waals surface area contributed by atoms with Gasteiger partial charge in [-0.05, 0) is 53.6 Å². The van der Waals surface area contributed by atoms with E-state index in [0.717, 1.165) is 36.5 Å². The number of ether oxygens (including phenoxy) is 1. The van der Waals surface area contributed by atoms with E-state index in [2.05, 4.69) is 40.6 Å². The van der Waals surface area contributed by atoms with Gasteiger partial charge in [0, 0.05) is 26.7 Å². The molecule has 5 heteroatoms. The second kappa shape index (κ2) is 8.04. The number of likely N-dealkylation sites (tertiary alicyclic amines) is 1. The maximum atomic E-state index is 11.5. The third-order valence-corrected chi connectivity index (χ3v) is 5.56. The maximum Gasteiger partial charge on any atom is 0.225 e. The molecule has 144 valence electrons. The largest absolute Gasteiger partial charge is 0.489 e. The van der Waals surface area contributed by atoms with Gasteiger partial charge >= 0.3 is 0 Å². The minimum absolute atomic E-state index is 0.122. The molecule has 2 aromatic carbocycles. The fraction of sp³-hybridized carbons (Fsp3) is 0.391. The first-order chi connectivity index (χ1) is 13.7. The molecule has 0 spiro atoms. The number of nitriles is 1. The van der Waals surface area contributed by atoms with Crippen LogP contribution in [-0.2, 0) is 17.9 Å². The number of carbonyl (C=O) groups excluding carboxylic acids is 1. The van der Waals surface area contributed by atoms with Gasteiger partial charge in [-0.1, -0.05) is 24.3 Å². The molecule has 0 radical (unpaired) electrons. The number of carbonyl (C=O) groups is 1. The highest BCUT2D eigenvalue weighted by Gasteiger charge is 2.31. The molecule has 1 saturated heterocycles. The zero-order valence-electron chi connectivity index (χ0n) is 16.1. The summed E-state index contributed by atoms with van der Waals surface area (Å²) in [5.74, 6) is 1.65. The van der Waals surface area contributed by atoms with Crippen molar-refractivity contribution < 1.29 is 9.53 Å². The summed E-state index contributed by atoms with van der Waals surface area (Å²) >= 11 is 0. The lowest BCUT2D eigenvalue weighted by molar-refractivity contribution is -0.129. The molecule has 28 heavy (non-hydrogen) atoms. The molecule has 2 fully saturated rings. The summed E-state index contributed by atoms with van der Waals surface area (Å²) in [4.78, 5) is 13.8. The molecule has 0 aromatic heterocycles. The zero-order chi connectivity index (χ0) is 19.5. The SMILES string of the molecule is CNC(=O)C1CN(Cc2ccc(OCc3ccc(C4CC4)c(C#N)c3)cc2)C1. The fourth-order valence-corrected chi connectivity index (χ4v) is 3.73. The molecular formula is C23H25N3O2. The van der Waals surface area contributed by atoms with Gasteiger partial charge in [-0.2, -0.15) is 5.26 Å². The van der Waals surface area contributed by atoms with Gasteiger partial charge < -0.3 is 10.1 Å². The van der Waals surface area contributed by atoms with Gasteiger partial charge in [0.25, 0.3) is 0 Å². The molecule has 1 saturated carbocycles. The Kier molecular flexibility index (Phi) is 5.31. The Labute approximate surface area is 165 Å². The summed E-state index contributed by atoms with van der Waals surface area (Å²) in [6.07, 6.45) is 2.39. The summed E-state index contributed by atoms with van der Waals surface area (Å²) in [5, 5.41) is 12.1. The lowest BCUT2D eigenvalue weighted by Gasteiger charge is -2.38. The van der Waals surface area contributed by atoms with Gasteiger partial charge in [0.2, 0.25) is 5.91 Å². The Morgan fingerprint density at radius 1 is 1.18 bits per heavy atom. The molecule has 4 rings (SSSR count). The number of hydrogen-bond acceptors (Lipinski definition) is 4. The van der Waals surface area contributed by atoms with Crippen molar-refractivity contribution in [1.29, 1.82) is 5.26 Å². The standard InChI is InChI=1S/C23H25N3O2/c1-25-23(27)20-13-26(14-20)12-16-2-7-21(8-3-16)28-15-17-4-9-22(18-5-6-18)19(10-17)11-24/h2-4,7-10,18,20H,5-6,12-15H2,1H3,(H,25,27). The Morgan fingerprint density at radius 2 is 1.89 bits per heavy atom. The van der Waals surface area contributed by atoms with Crippen LogP contribution in [0.5, 0.6) is 5.75 Å². The monoisotopic (exact) mass is 375 g/mol. The average Bonchev–Trinajstić information content (AvgIpc) is 3.54. The van der Waals surface area contributed by atoms with E-state index < -0.39 is 0 Å². The van der Waals surface area contributed by atoms with Crippen molar-refractivity contribution in [2.75, 3.05) is 20.1 Å². The topological polar surface area (TPSA) is 65.4 Å². The van der Waals surface area contributed by atoms with E-state index >= 15 is 0 Å². The van der Waals surface area contributed by atoms with Gasteiger partial charge in [-0.3, -0.25) is 9.69 Å². The van der Waals surface area contributed by atoms with Crippen LogP contribution >= 0.6 is 0 Å². The number of amides is 1. The second-order valence-corrected chi connectivity index (χ2v) is 7.75. The van der Waals surface area contributed by atoms with E-state index in [-0.39, 0.29) is 11.8 Å². The number of rotatable bonds is 7. The molecule has 1 N–H and O–H groups in total. The lowest BCUT2D eigenvalue weighted by atomic mass is 9.98. The van der Waals surface area contributed by atoms with Crippen molar-refractivity contribution >= 4 is 5.91 Å². The van der Waals surface area contributed by atoms with E-state index in [1.807, 2.05) is 18.2 Å². The highest BCUT2D eigenvalue weighted by atomic mass is 16.5. The molecule has 0 bridgehead atoms. The predicted octanol–water partition coefficient (Wildman–Crippen LogP) is 3.19. The molecule has 0 unspecified atom stereocenters. The predicted molar refractivity (Wildman–Crippen MR) is 107 cm³/mol. The van der Waals surface area contributed by atoms with Gasteiger partial charge in [0.15, 0.2) is 0 Å². The highest BCUT2D eigenvalue weighted by Crippen LogP contribution is 2.41. The van der Waals surface area contributed by atoms with Crippen LogP contribution in [0.2, 0.25) is 0 Å². The molecule has 1 aliphatic carbocycles. The third kappa shape index (κ3) is 4.18. The van der Waals surface area contributed by atoms with Crippen LogP contribution in [0.15, 0.2) is 42.5 Å². The van der Waals surface area contributed by atoms with Crippen molar-refractivity contribution in [2.45, 2.75) is 31.9 Å². The van der Waals surface area contributed by atoms with Crippen LogP contribution in [0, 0.1) is 17.2 Å². The van der Waals surface area contributed by atoms with E-state index in [1.165, 1.54) is 24.0 Å². The van der Waals surface area contributed by atoms with Crippen LogP contribution in [-0.4, -0.2) is 30.9 Å². The number of nitrogens with one attached hydrogen (secondary N) is 1. The van der Waals surface area contributed by atoms with E-state index in [9.17, 15) is 10.1 Å². The molecule has 1 aliphatic heterocycles. The Hall–Kier alpha value is -2.84. The van der Waals surface area contributed by atoms with Crippen LogP contribution in [0.25, 0.3) is 0 Å². The summed E-state index contributed by atoms with van der Waals surface area (Å²) < 4.78 is 5.89. The molecule has 1 amide bonds. The van der Waals surface area contributed by atoms with E-state index in [4.69, 9.17) is 4.74 Å². The lowest BCUT2D eigenvalue weighted by Crippen LogP contribution is -2.52.